The molecule has 1 aliphatic carbocycles. The Balaban J connectivity index is 1.64. The van der Waals surface area contributed by atoms with Gasteiger partial charge in [-0.15, -0.1) is 0 Å². The van der Waals surface area contributed by atoms with Crippen LogP contribution < -0.4 is 21.3 Å². The second-order valence-electron chi connectivity index (χ2n) is 7.16. The number of nitrogens with one attached hydrogen (secondary N) is 2. The number of ether oxygens (including phenoxy) is 1. The highest BCUT2D eigenvalue weighted by Gasteiger charge is 2.28. The van der Waals surface area contributed by atoms with Crippen molar-refractivity contribution in [2.75, 3.05) is 7.11 Å². The molecule has 1 amide bonds. The van der Waals surface area contributed by atoms with E-state index in [0.717, 1.165) is 24.2 Å². The minimum Gasteiger partial charge on any atom is -0.497 e. The summed E-state index contributed by atoms with van der Waals surface area (Å²) in [6.07, 6.45) is 3.87. The summed E-state index contributed by atoms with van der Waals surface area (Å²) >= 11 is 0. The highest BCUT2D eigenvalue weighted by atomic mass is 16.5. The normalized spacial score (nSPS) is 14.6. The van der Waals surface area contributed by atoms with E-state index in [1.54, 1.807) is 7.11 Å². The molecule has 2 aromatic heterocycles. The van der Waals surface area contributed by atoms with Gasteiger partial charge in [-0.25, -0.2) is 9.78 Å². The van der Waals surface area contributed by atoms with Crippen LogP contribution in [-0.4, -0.2) is 27.6 Å². The van der Waals surface area contributed by atoms with Crippen molar-refractivity contribution in [2.45, 2.75) is 38.3 Å². The largest absolute Gasteiger partial charge is 0.497 e. The Morgan fingerprint density at radius 2 is 2.03 bits per heavy atom. The molecule has 4 rings (SSSR count). The van der Waals surface area contributed by atoms with Gasteiger partial charge in [0.2, 0.25) is 0 Å². The van der Waals surface area contributed by atoms with Crippen molar-refractivity contribution >= 4 is 16.9 Å². The van der Waals surface area contributed by atoms with Crippen LogP contribution in [0.25, 0.3) is 11.0 Å². The number of benzene rings is 1. The van der Waals surface area contributed by atoms with Crippen LogP contribution in [0.4, 0.5) is 0 Å². The van der Waals surface area contributed by atoms with Gasteiger partial charge < -0.3 is 10.1 Å². The summed E-state index contributed by atoms with van der Waals surface area (Å²) in [4.78, 5) is 43.8. The maximum Gasteiger partial charge on any atom is 0.330 e. The standard InChI is InChI=1S/C21H22N4O4/c1-3-17(12-4-8-15(29-2)9-5-12)23-19(26)13-10-16-18(22-11-13)25(14-6-7-14)21(28)24-20(16)27/h4-5,8-11,14,17H,3,6-7H2,1-2H3,(H,23,26)(H,24,27,28). The van der Waals surface area contributed by atoms with E-state index in [2.05, 4.69) is 15.3 Å². The van der Waals surface area contributed by atoms with Crippen LogP contribution in [0.3, 0.4) is 0 Å². The fraction of sp³-hybridized carbons (Fsp3) is 0.333. The minimum atomic E-state index is -0.536. The van der Waals surface area contributed by atoms with E-state index in [0.29, 0.717) is 12.1 Å². The molecular weight excluding hydrogens is 372 g/mol. The molecule has 2 heterocycles. The van der Waals surface area contributed by atoms with E-state index in [1.165, 1.54) is 16.8 Å². The molecule has 0 spiro atoms. The molecule has 1 aliphatic rings. The summed E-state index contributed by atoms with van der Waals surface area (Å²) in [5.74, 6) is 0.417. The van der Waals surface area contributed by atoms with Gasteiger partial charge in [-0.2, -0.15) is 0 Å². The van der Waals surface area contributed by atoms with Crippen LogP contribution in [0.1, 0.15) is 54.2 Å². The number of carbonyl (C=O) groups is 1. The molecule has 8 nitrogen and oxygen atoms in total. The lowest BCUT2D eigenvalue weighted by Crippen LogP contribution is -2.31. The van der Waals surface area contributed by atoms with Crippen LogP contribution >= 0.6 is 0 Å². The summed E-state index contributed by atoms with van der Waals surface area (Å²) in [6, 6.07) is 8.87. The minimum absolute atomic E-state index is 0.0635. The SMILES string of the molecule is CCC(NC(=O)c1cnc2c(c1)c(=O)[nH]c(=O)n2C1CC1)c1ccc(OC)cc1. The van der Waals surface area contributed by atoms with E-state index >= 15 is 0 Å². The Morgan fingerprint density at radius 1 is 1.31 bits per heavy atom. The topological polar surface area (TPSA) is 106 Å². The highest BCUT2D eigenvalue weighted by molar-refractivity contribution is 5.97. The number of carbonyl (C=O) groups excluding carboxylic acids is 1. The number of H-pyrrole nitrogens is 1. The lowest BCUT2D eigenvalue weighted by atomic mass is 10.0. The molecule has 1 unspecified atom stereocenters. The number of hydrogen-bond donors (Lipinski definition) is 2. The van der Waals surface area contributed by atoms with Gasteiger partial charge in [0, 0.05) is 12.2 Å². The lowest BCUT2D eigenvalue weighted by Gasteiger charge is -2.18. The van der Waals surface area contributed by atoms with Crippen molar-refractivity contribution in [3.63, 3.8) is 0 Å². The van der Waals surface area contributed by atoms with E-state index in [-0.39, 0.29) is 28.9 Å². The quantitative estimate of drug-likeness (QED) is 0.667. The molecule has 1 fully saturated rings. The smallest absolute Gasteiger partial charge is 0.330 e. The Kier molecular flexibility index (Phi) is 4.92. The second-order valence-corrected chi connectivity index (χ2v) is 7.16. The fourth-order valence-electron chi connectivity index (χ4n) is 3.43. The molecule has 0 bridgehead atoms. The summed E-state index contributed by atoms with van der Waals surface area (Å²) < 4.78 is 6.68. The molecule has 1 atom stereocenters. The number of hydrogen-bond acceptors (Lipinski definition) is 5. The number of amides is 1. The molecule has 8 heteroatoms. The van der Waals surface area contributed by atoms with Crippen LogP contribution in [-0.2, 0) is 0 Å². The summed E-state index contributed by atoms with van der Waals surface area (Å²) in [5, 5.41) is 3.22. The number of aromatic nitrogens is 3. The number of rotatable bonds is 6. The number of pyridine rings is 1. The highest BCUT2D eigenvalue weighted by Crippen LogP contribution is 2.34. The van der Waals surface area contributed by atoms with Crippen molar-refractivity contribution < 1.29 is 9.53 Å². The number of methoxy groups -OCH3 is 1. The zero-order valence-electron chi connectivity index (χ0n) is 16.3. The lowest BCUT2D eigenvalue weighted by molar-refractivity contribution is 0.0935. The van der Waals surface area contributed by atoms with Crippen molar-refractivity contribution in [2.24, 2.45) is 0 Å². The Bertz CT molecular complexity index is 1180. The molecule has 1 aromatic carbocycles. The average Bonchev–Trinajstić information content (AvgIpc) is 3.57. The molecule has 0 saturated heterocycles. The molecule has 1 saturated carbocycles. The third-order valence-electron chi connectivity index (χ3n) is 5.18. The molecule has 150 valence electrons. The van der Waals surface area contributed by atoms with Crippen molar-refractivity contribution in [1.82, 2.24) is 19.9 Å². The van der Waals surface area contributed by atoms with Gasteiger partial charge in [0.15, 0.2) is 0 Å². The molecule has 0 aliphatic heterocycles. The zero-order valence-corrected chi connectivity index (χ0v) is 16.3. The van der Waals surface area contributed by atoms with Gasteiger partial charge in [0.05, 0.1) is 24.1 Å². The maximum atomic E-state index is 12.8. The Hall–Kier alpha value is -3.42. The summed E-state index contributed by atoms with van der Waals surface area (Å²) in [5.41, 5.74) is 0.554. The predicted molar refractivity (Wildman–Crippen MR) is 108 cm³/mol. The molecule has 0 radical (unpaired) electrons. The van der Waals surface area contributed by atoms with Crippen molar-refractivity contribution in [1.29, 1.82) is 0 Å². The Morgan fingerprint density at radius 3 is 2.66 bits per heavy atom. The third-order valence-corrected chi connectivity index (χ3v) is 5.18. The first-order valence-corrected chi connectivity index (χ1v) is 9.61. The summed E-state index contributed by atoms with van der Waals surface area (Å²) in [6.45, 7) is 1.98. The van der Waals surface area contributed by atoms with Crippen LogP contribution in [0.15, 0.2) is 46.1 Å². The zero-order chi connectivity index (χ0) is 20.5. The van der Waals surface area contributed by atoms with E-state index in [9.17, 15) is 14.4 Å². The Labute approximate surface area is 166 Å². The van der Waals surface area contributed by atoms with Crippen LogP contribution in [0, 0.1) is 0 Å². The first-order chi connectivity index (χ1) is 14.0. The van der Waals surface area contributed by atoms with Crippen molar-refractivity contribution in [3.8, 4) is 5.75 Å². The average molecular weight is 394 g/mol. The summed E-state index contributed by atoms with van der Waals surface area (Å²) in [7, 11) is 1.60. The number of fused-ring (bicyclic) bond motifs is 1. The number of aromatic amines is 1. The van der Waals surface area contributed by atoms with Gasteiger partial charge in [-0.3, -0.25) is 19.1 Å². The van der Waals surface area contributed by atoms with Gasteiger partial charge in [0.1, 0.15) is 11.4 Å². The van der Waals surface area contributed by atoms with E-state index in [1.807, 2.05) is 31.2 Å². The van der Waals surface area contributed by atoms with Gasteiger partial charge >= 0.3 is 5.69 Å². The molecule has 29 heavy (non-hydrogen) atoms. The number of nitrogens with zero attached hydrogens (tertiary/aromatic N) is 2. The van der Waals surface area contributed by atoms with Crippen LogP contribution in [0.2, 0.25) is 0 Å². The van der Waals surface area contributed by atoms with E-state index in [4.69, 9.17) is 4.74 Å². The van der Waals surface area contributed by atoms with Gasteiger partial charge in [0.25, 0.3) is 11.5 Å². The molecular formula is C21H22N4O4. The predicted octanol–water partition coefficient (Wildman–Crippen LogP) is 2.31. The molecule has 3 aromatic rings. The fourth-order valence-corrected chi connectivity index (χ4v) is 3.43. The van der Waals surface area contributed by atoms with Gasteiger partial charge in [-0.1, -0.05) is 19.1 Å². The first kappa shape index (κ1) is 18.9. The third kappa shape index (κ3) is 3.65. The van der Waals surface area contributed by atoms with Crippen molar-refractivity contribution in [3.05, 3.63) is 68.5 Å². The van der Waals surface area contributed by atoms with Crippen LogP contribution in [0.5, 0.6) is 5.75 Å². The molecule has 2 N–H and O–H groups in total. The monoisotopic (exact) mass is 394 g/mol. The first-order valence-electron chi connectivity index (χ1n) is 9.61. The van der Waals surface area contributed by atoms with Gasteiger partial charge in [-0.05, 0) is 43.0 Å². The second kappa shape index (κ2) is 7.54. The van der Waals surface area contributed by atoms with E-state index < -0.39 is 11.2 Å². The maximum absolute atomic E-state index is 12.8.